The normalized spacial score (nSPS) is 10.7. The highest BCUT2D eigenvalue weighted by Gasteiger charge is 2.18. The lowest BCUT2D eigenvalue weighted by molar-refractivity contribution is -0.143. The number of hydrogen-bond acceptors (Lipinski definition) is 6. The molecule has 0 bridgehead atoms. The summed E-state index contributed by atoms with van der Waals surface area (Å²) in [5.74, 6) is -1.91. The van der Waals surface area contributed by atoms with Crippen molar-refractivity contribution in [2.45, 2.75) is 26.7 Å². The van der Waals surface area contributed by atoms with Gasteiger partial charge in [0.1, 0.15) is 17.1 Å². The zero-order valence-corrected chi connectivity index (χ0v) is 16.0. The molecule has 0 amide bonds. The number of ether oxygens (including phenoxy) is 2. The fraction of sp³-hybridized carbons (Fsp3) is 0.227. The van der Waals surface area contributed by atoms with Crippen molar-refractivity contribution in [2.75, 3.05) is 6.61 Å². The molecule has 0 fully saturated rings. The van der Waals surface area contributed by atoms with Gasteiger partial charge in [-0.3, -0.25) is 4.79 Å². The highest BCUT2D eigenvalue weighted by Crippen LogP contribution is 2.29. The molecule has 0 saturated heterocycles. The van der Waals surface area contributed by atoms with Crippen molar-refractivity contribution in [3.63, 3.8) is 0 Å². The molecule has 0 radical (unpaired) electrons. The molecule has 3 rings (SSSR count). The maximum atomic E-state index is 13.9. The van der Waals surface area contributed by atoms with Gasteiger partial charge in [-0.1, -0.05) is 12.1 Å². The smallest absolute Gasteiger partial charge is 0.346 e. The Kier molecular flexibility index (Phi) is 6.07. The van der Waals surface area contributed by atoms with Crippen LogP contribution in [0.25, 0.3) is 11.0 Å². The van der Waals surface area contributed by atoms with Crippen molar-refractivity contribution in [1.29, 1.82) is 0 Å². The molecule has 6 nitrogen and oxygen atoms in total. The first-order chi connectivity index (χ1) is 13.9. The highest BCUT2D eigenvalue weighted by atomic mass is 19.1. The number of aryl methyl sites for hydroxylation is 2. The quantitative estimate of drug-likeness (QED) is 0.355. The van der Waals surface area contributed by atoms with Crippen LogP contribution in [0.1, 0.15) is 34.8 Å². The zero-order chi connectivity index (χ0) is 21.0. The van der Waals surface area contributed by atoms with Gasteiger partial charge < -0.3 is 13.9 Å². The molecule has 1 heterocycles. The van der Waals surface area contributed by atoms with E-state index in [0.29, 0.717) is 16.5 Å². The van der Waals surface area contributed by atoms with Crippen molar-refractivity contribution in [1.82, 2.24) is 0 Å². The summed E-state index contributed by atoms with van der Waals surface area (Å²) in [6.07, 6.45) is 0.298. The van der Waals surface area contributed by atoms with Crippen LogP contribution in [0.4, 0.5) is 4.39 Å². The minimum Gasteiger partial charge on any atom is -0.466 e. The molecule has 0 aliphatic rings. The van der Waals surface area contributed by atoms with E-state index in [2.05, 4.69) is 0 Å². The van der Waals surface area contributed by atoms with Crippen molar-refractivity contribution in [3.8, 4) is 5.75 Å². The average molecular weight is 398 g/mol. The van der Waals surface area contributed by atoms with Gasteiger partial charge in [0.15, 0.2) is 0 Å². The number of benzene rings is 2. The molecule has 29 heavy (non-hydrogen) atoms. The van der Waals surface area contributed by atoms with Gasteiger partial charge in [-0.15, -0.1) is 0 Å². The second-order valence-electron chi connectivity index (χ2n) is 6.38. The van der Waals surface area contributed by atoms with E-state index >= 15 is 0 Å². The largest absolute Gasteiger partial charge is 0.466 e. The standard InChI is InChI=1S/C22H19FO6/c1-3-27-20(24)9-8-14-11-16-13(2)10-21(25)28-19(16)12-18(14)29-22(26)15-6-4-5-7-17(15)23/h4-7,10-12H,3,8-9H2,1-2H3. The Hall–Kier alpha value is -3.48. The van der Waals surface area contributed by atoms with Crippen LogP contribution < -0.4 is 10.4 Å². The summed E-state index contributed by atoms with van der Waals surface area (Å²) in [4.78, 5) is 35.9. The van der Waals surface area contributed by atoms with Crippen molar-refractivity contribution >= 4 is 22.9 Å². The topological polar surface area (TPSA) is 82.8 Å². The first-order valence-electron chi connectivity index (χ1n) is 9.08. The first kappa shape index (κ1) is 20.3. The highest BCUT2D eigenvalue weighted by molar-refractivity contribution is 5.92. The fourth-order valence-corrected chi connectivity index (χ4v) is 2.93. The van der Waals surface area contributed by atoms with Gasteiger partial charge in [0.2, 0.25) is 0 Å². The van der Waals surface area contributed by atoms with Gasteiger partial charge in [0.25, 0.3) is 0 Å². The Morgan fingerprint density at radius 1 is 1.14 bits per heavy atom. The van der Waals surface area contributed by atoms with Crippen LogP contribution in [0.5, 0.6) is 5.75 Å². The third-order valence-electron chi connectivity index (χ3n) is 4.33. The summed E-state index contributed by atoms with van der Waals surface area (Å²) in [6, 6.07) is 9.89. The Balaban J connectivity index is 2.01. The Labute approximate surface area is 165 Å². The van der Waals surface area contributed by atoms with Gasteiger partial charge in [-0.2, -0.15) is 0 Å². The summed E-state index contributed by atoms with van der Waals surface area (Å²) < 4.78 is 29.5. The number of esters is 2. The minimum atomic E-state index is -0.894. The summed E-state index contributed by atoms with van der Waals surface area (Å²) >= 11 is 0. The van der Waals surface area contributed by atoms with Crippen molar-refractivity contribution in [2.24, 2.45) is 0 Å². The number of halogens is 1. The maximum absolute atomic E-state index is 13.9. The zero-order valence-electron chi connectivity index (χ0n) is 16.0. The van der Waals surface area contributed by atoms with Gasteiger partial charge in [0, 0.05) is 23.9 Å². The van der Waals surface area contributed by atoms with E-state index in [1.54, 1.807) is 19.9 Å². The van der Waals surface area contributed by atoms with E-state index < -0.39 is 23.4 Å². The number of rotatable bonds is 6. The van der Waals surface area contributed by atoms with Crippen LogP contribution in [0.3, 0.4) is 0 Å². The molecular formula is C22H19FO6. The molecule has 0 spiro atoms. The van der Waals surface area contributed by atoms with Crippen LogP contribution >= 0.6 is 0 Å². The van der Waals surface area contributed by atoms with E-state index in [4.69, 9.17) is 13.9 Å². The van der Waals surface area contributed by atoms with Crippen LogP contribution in [-0.4, -0.2) is 18.5 Å². The number of fused-ring (bicyclic) bond motifs is 1. The van der Waals surface area contributed by atoms with Gasteiger partial charge in [0.05, 0.1) is 12.2 Å². The van der Waals surface area contributed by atoms with E-state index in [1.807, 2.05) is 0 Å². The monoisotopic (exact) mass is 398 g/mol. The molecule has 3 aromatic rings. The lowest BCUT2D eigenvalue weighted by Gasteiger charge is -2.12. The first-order valence-corrected chi connectivity index (χ1v) is 9.08. The molecule has 0 aliphatic heterocycles. The third kappa shape index (κ3) is 4.68. The number of carbonyl (C=O) groups excluding carboxylic acids is 2. The number of hydrogen-bond donors (Lipinski definition) is 0. The lowest BCUT2D eigenvalue weighted by atomic mass is 10.0. The Morgan fingerprint density at radius 3 is 2.62 bits per heavy atom. The molecule has 0 saturated carbocycles. The van der Waals surface area contributed by atoms with Gasteiger partial charge in [-0.25, -0.2) is 14.0 Å². The van der Waals surface area contributed by atoms with Crippen LogP contribution in [0, 0.1) is 12.7 Å². The second-order valence-corrected chi connectivity index (χ2v) is 6.38. The minimum absolute atomic E-state index is 0.0689. The van der Waals surface area contributed by atoms with E-state index in [9.17, 15) is 18.8 Å². The molecule has 0 aliphatic carbocycles. The summed E-state index contributed by atoms with van der Waals surface area (Å²) in [7, 11) is 0. The molecule has 0 N–H and O–H groups in total. The molecule has 0 unspecified atom stereocenters. The van der Waals surface area contributed by atoms with Gasteiger partial charge >= 0.3 is 17.6 Å². The summed E-state index contributed by atoms with van der Waals surface area (Å²) in [6.45, 7) is 3.72. The van der Waals surface area contributed by atoms with E-state index in [1.165, 1.54) is 30.3 Å². The molecule has 150 valence electrons. The van der Waals surface area contributed by atoms with Crippen LogP contribution in [0.15, 0.2) is 51.7 Å². The van der Waals surface area contributed by atoms with Crippen molar-refractivity contribution in [3.05, 3.63) is 75.4 Å². The fourth-order valence-electron chi connectivity index (χ4n) is 2.93. The van der Waals surface area contributed by atoms with E-state index in [-0.39, 0.29) is 36.3 Å². The lowest BCUT2D eigenvalue weighted by Crippen LogP contribution is -2.13. The summed E-state index contributed by atoms with van der Waals surface area (Å²) in [5, 5.41) is 0.647. The second kappa shape index (κ2) is 8.68. The molecule has 7 heteroatoms. The molecule has 0 atom stereocenters. The third-order valence-corrected chi connectivity index (χ3v) is 4.33. The van der Waals surface area contributed by atoms with Crippen LogP contribution in [0.2, 0.25) is 0 Å². The Morgan fingerprint density at radius 2 is 1.90 bits per heavy atom. The predicted octanol–water partition coefficient (Wildman–Crippen LogP) is 3.96. The molecular weight excluding hydrogens is 379 g/mol. The maximum Gasteiger partial charge on any atom is 0.346 e. The van der Waals surface area contributed by atoms with Gasteiger partial charge in [-0.05, 0) is 49.6 Å². The van der Waals surface area contributed by atoms with Crippen LogP contribution in [-0.2, 0) is 16.0 Å². The predicted molar refractivity (Wildman–Crippen MR) is 104 cm³/mol. The average Bonchev–Trinajstić information content (AvgIpc) is 2.67. The molecule has 1 aromatic heterocycles. The Bertz CT molecular complexity index is 1130. The molecule has 2 aromatic carbocycles. The number of carbonyl (C=O) groups is 2. The summed E-state index contributed by atoms with van der Waals surface area (Å²) in [5.41, 5.74) is 0.675. The SMILES string of the molecule is CCOC(=O)CCc1cc2c(C)cc(=O)oc2cc1OC(=O)c1ccccc1F. The van der Waals surface area contributed by atoms with E-state index in [0.717, 1.165) is 6.07 Å². The van der Waals surface area contributed by atoms with Crippen molar-refractivity contribution < 1.29 is 27.9 Å².